The Hall–Kier alpha value is -2.44. The van der Waals surface area contributed by atoms with E-state index in [1.807, 2.05) is 0 Å². The molecule has 0 spiro atoms. The van der Waals surface area contributed by atoms with Gasteiger partial charge in [-0.25, -0.2) is 0 Å². The highest BCUT2D eigenvalue weighted by atomic mass is 16.5. The number of rotatable bonds is 7. The van der Waals surface area contributed by atoms with E-state index in [2.05, 4.69) is 0 Å². The molecule has 0 bridgehead atoms. The zero-order valence-electron chi connectivity index (χ0n) is 13.9. The minimum Gasteiger partial charge on any atom is -0.504 e. The van der Waals surface area contributed by atoms with Crippen molar-refractivity contribution < 1.29 is 29.5 Å². The van der Waals surface area contributed by atoms with Crippen LogP contribution >= 0.6 is 0 Å². The summed E-state index contributed by atoms with van der Waals surface area (Å²) in [6, 6.07) is 9.80. The summed E-state index contributed by atoms with van der Waals surface area (Å²) in [5.74, 6) is 0.318. The predicted octanol–water partition coefficient (Wildman–Crippen LogP) is 2.58. The third kappa shape index (κ3) is 3.55. The van der Waals surface area contributed by atoms with Gasteiger partial charge in [0.15, 0.2) is 23.0 Å². The number of hydrogen-bond donors (Lipinski definition) is 3. The lowest BCUT2D eigenvalue weighted by atomic mass is 9.89. The zero-order valence-corrected chi connectivity index (χ0v) is 13.9. The number of hydrogen-bond acceptors (Lipinski definition) is 6. The molecule has 0 unspecified atom stereocenters. The minimum atomic E-state index is -0.473. The highest BCUT2D eigenvalue weighted by Gasteiger charge is 2.26. The summed E-state index contributed by atoms with van der Waals surface area (Å²) in [7, 11) is 4.48. The van der Waals surface area contributed by atoms with Gasteiger partial charge in [-0.1, -0.05) is 12.1 Å². The Morgan fingerprint density at radius 3 is 1.79 bits per heavy atom. The van der Waals surface area contributed by atoms with Crippen LogP contribution in [0.15, 0.2) is 36.4 Å². The van der Waals surface area contributed by atoms with Gasteiger partial charge in [-0.2, -0.15) is 0 Å². The Labute approximate surface area is 140 Å². The molecule has 2 aromatic rings. The molecule has 0 amide bonds. The van der Waals surface area contributed by atoms with Crippen LogP contribution in [0, 0.1) is 0 Å². The Morgan fingerprint density at radius 1 is 0.833 bits per heavy atom. The first kappa shape index (κ1) is 17.9. The zero-order chi connectivity index (χ0) is 17.7. The van der Waals surface area contributed by atoms with Gasteiger partial charge in [0.05, 0.1) is 26.9 Å². The average molecular weight is 334 g/mol. The van der Waals surface area contributed by atoms with E-state index in [4.69, 9.17) is 14.2 Å². The first-order chi connectivity index (χ1) is 11.5. The molecule has 2 atom stereocenters. The molecule has 0 aromatic heterocycles. The van der Waals surface area contributed by atoms with Crippen LogP contribution in [-0.2, 0) is 4.74 Å². The average Bonchev–Trinajstić information content (AvgIpc) is 2.61. The molecule has 24 heavy (non-hydrogen) atoms. The lowest BCUT2D eigenvalue weighted by Gasteiger charge is -2.26. The van der Waals surface area contributed by atoms with Crippen LogP contribution in [0.25, 0.3) is 0 Å². The smallest absolute Gasteiger partial charge is 0.160 e. The second-order valence-electron chi connectivity index (χ2n) is 5.31. The maximum absolute atomic E-state index is 9.89. The summed E-state index contributed by atoms with van der Waals surface area (Å²) in [5.41, 5.74) is 1.50. The van der Waals surface area contributed by atoms with Crippen molar-refractivity contribution in [2.24, 2.45) is 0 Å². The van der Waals surface area contributed by atoms with E-state index in [0.717, 1.165) is 11.1 Å². The van der Waals surface area contributed by atoms with Gasteiger partial charge in [-0.3, -0.25) is 0 Å². The summed E-state index contributed by atoms with van der Waals surface area (Å²) in [4.78, 5) is 0. The van der Waals surface area contributed by atoms with E-state index in [9.17, 15) is 15.3 Å². The van der Waals surface area contributed by atoms with Crippen molar-refractivity contribution in [1.82, 2.24) is 0 Å². The number of benzene rings is 2. The van der Waals surface area contributed by atoms with Crippen molar-refractivity contribution >= 4 is 0 Å². The first-order valence-corrected chi connectivity index (χ1v) is 7.43. The van der Waals surface area contributed by atoms with Crippen molar-refractivity contribution in [1.29, 1.82) is 0 Å². The molecule has 0 aliphatic carbocycles. The van der Waals surface area contributed by atoms with Gasteiger partial charge in [0, 0.05) is 13.0 Å². The van der Waals surface area contributed by atoms with Crippen molar-refractivity contribution in [3.63, 3.8) is 0 Å². The molecule has 6 nitrogen and oxygen atoms in total. The third-order valence-corrected chi connectivity index (χ3v) is 3.98. The van der Waals surface area contributed by atoms with E-state index in [1.54, 1.807) is 31.4 Å². The second-order valence-corrected chi connectivity index (χ2v) is 5.31. The fraction of sp³-hybridized carbons (Fsp3) is 0.333. The van der Waals surface area contributed by atoms with Gasteiger partial charge >= 0.3 is 0 Å². The SMILES string of the molecule is COc1cc([C@@H](CO)[C@H](OC)c2ccc(O)c(OC)c2)ccc1O. The van der Waals surface area contributed by atoms with Crippen LogP contribution in [0.2, 0.25) is 0 Å². The fourth-order valence-corrected chi connectivity index (χ4v) is 2.70. The lowest BCUT2D eigenvalue weighted by molar-refractivity contribution is 0.0563. The number of ether oxygens (including phenoxy) is 3. The predicted molar refractivity (Wildman–Crippen MR) is 88.9 cm³/mol. The van der Waals surface area contributed by atoms with Gasteiger partial charge in [0.25, 0.3) is 0 Å². The van der Waals surface area contributed by atoms with Gasteiger partial charge in [0.2, 0.25) is 0 Å². The summed E-state index contributed by atoms with van der Waals surface area (Å²) >= 11 is 0. The van der Waals surface area contributed by atoms with Crippen molar-refractivity contribution in [3.8, 4) is 23.0 Å². The Kier molecular flexibility index (Phi) is 5.89. The molecule has 0 radical (unpaired) electrons. The molecule has 0 fully saturated rings. The van der Waals surface area contributed by atoms with E-state index in [0.29, 0.717) is 11.5 Å². The monoisotopic (exact) mass is 334 g/mol. The minimum absolute atomic E-state index is 0.0261. The Balaban J connectivity index is 2.43. The summed E-state index contributed by atoms with van der Waals surface area (Å²) in [6.45, 7) is -0.171. The molecule has 0 heterocycles. The largest absolute Gasteiger partial charge is 0.504 e. The summed E-state index contributed by atoms with van der Waals surface area (Å²) in [5, 5.41) is 29.4. The van der Waals surface area contributed by atoms with Crippen molar-refractivity contribution in [2.75, 3.05) is 27.9 Å². The molecule has 0 aliphatic rings. The number of aliphatic hydroxyl groups excluding tert-OH is 1. The standard InChI is InChI=1S/C18H22O6/c1-22-16-8-11(4-6-14(16)20)13(10-19)18(24-3)12-5-7-15(21)17(9-12)23-2/h4-9,13,18-21H,10H2,1-3H3/t13-,18-/m1/s1. The van der Waals surface area contributed by atoms with Gasteiger partial charge in [-0.05, 0) is 35.4 Å². The maximum atomic E-state index is 9.89. The number of methoxy groups -OCH3 is 3. The van der Waals surface area contributed by atoms with Crippen LogP contribution in [0.4, 0.5) is 0 Å². The summed E-state index contributed by atoms with van der Waals surface area (Å²) < 4.78 is 15.8. The van der Waals surface area contributed by atoms with Gasteiger partial charge < -0.3 is 29.5 Å². The number of phenolic OH excluding ortho intramolecular Hbond substituents is 2. The van der Waals surface area contributed by atoms with E-state index in [1.165, 1.54) is 26.4 Å². The van der Waals surface area contributed by atoms with Crippen LogP contribution in [-0.4, -0.2) is 43.3 Å². The molecule has 130 valence electrons. The lowest BCUT2D eigenvalue weighted by Crippen LogP contribution is -2.17. The van der Waals surface area contributed by atoms with E-state index < -0.39 is 12.0 Å². The molecule has 2 rings (SSSR count). The van der Waals surface area contributed by atoms with Gasteiger partial charge in [-0.15, -0.1) is 0 Å². The molecular weight excluding hydrogens is 312 g/mol. The third-order valence-electron chi connectivity index (χ3n) is 3.98. The van der Waals surface area contributed by atoms with Crippen LogP contribution < -0.4 is 9.47 Å². The molecular formula is C18H22O6. The van der Waals surface area contributed by atoms with Crippen molar-refractivity contribution in [3.05, 3.63) is 47.5 Å². The summed E-state index contributed by atoms with van der Waals surface area (Å²) in [6.07, 6.45) is -0.473. The van der Waals surface area contributed by atoms with E-state index in [-0.39, 0.29) is 18.1 Å². The second kappa shape index (κ2) is 7.90. The van der Waals surface area contributed by atoms with Crippen LogP contribution in [0.3, 0.4) is 0 Å². The number of aromatic hydroxyl groups is 2. The number of aliphatic hydroxyl groups is 1. The molecule has 0 saturated heterocycles. The highest BCUT2D eigenvalue weighted by Crippen LogP contribution is 2.39. The Morgan fingerprint density at radius 2 is 1.33 bits per heavy atom. The van der Waals surface area contributed by atoms with Crippen LogP contribution in [0.1, 0.15) is 23.1 Å². The highest BCUT2D eigenvalue weighted by molar-refractivity contribution is 5.46. The number of phenols is 2. The van der Waals surface area contributed by atoms with Gasteiger partial charge in [0.1, 0.15) is 0 Å². The first-order valence-electron chi connectivity index (χ1n) is 7.43. The Bertz CT molecular complexity index is 626. The fourth-order valence-electron chi connectivity index (χ4n) is 2.70. The molecule has 2 aromatic carbocycles. The maximum Gasteiger partial charge on any atom is 0.160 e. The molecule has 0 saturated carbocycles. The van der Waals surface area contributed by atoms with E-state index >= 15 is 0 Å². The quantitative estimate of drug-likeness (QED) is 0.721. The molecule has 6 heteroatoms. The van der Waals surface area contributed by atoms with Crippen molar-refractivity contribution in [2.45, 2.75) is 12.0 Å². The normalized spacial score (nSPS) is 13.3. The molecule has 3 N–H and O–H groups in total. The molecule has 0 aliphatic heterocycles. The topological polar surface area (TPSA) is 88.4 Å². The van der Waals surface area contributed by atoms with Crippen LogP contribution in [0.5, 0.6) is 23.0 Å².